The quantitative estimate of drug-likeness (QED) is 0.221. The Morgan fingerprint density at radius 2 is 1.80 bits per heavy atom. The SMILES string of the molecule is CCCc1c(Cc2ccc(-c3ccccc3-c3noc(=O)[nH]3)cc2)c(=O)n(C2CCC(OCC(C)O)CC2)c2nc(C)nn12.[H-].[K+]. The maximum atomic E-state index is 14.4. The minimum atomic E-state index is -0.601. The number of ether oxygens (including phenoxy) is 1. The van der Waals surface area contributed by atoms with E-state index in [1.165, 1.54) is 0 Å². The van der Waals surface area contributed by atoms with Gasteiger partial charge >= 0.3 is 57.1 Å². The predicted molar refractivity (Wildman–Crippen MR) is 167 cm³/mol. The third kappa shape index (κ3) is 7.32. The van der Waals surface area contributed by atoms with Crippen LogP contribution in [0.25, 0.3) is 28.3 Å². The Hall–Kier alpha value is -2.71. The van der Waals surface area contributed by atoms with Crippen LogP contribution < -0.4 is 62.7 Å². The van der Waals surface area contributed by atoms with E-state index < -0.39 is 11.9 Å². The molecule has 3 heterocycles. The van der Waals surface area contributed by atoms with E-state index in [4.69, 9.17) is 19.3 Å². The number of hydrogen-bond donors (Lipinski definition) is 2. The van der Waals surface area contributed by atoms with Crippen molar-refractivity contribution in [1.29, 1.82) is 0 Å². The fraction of sp³-hybridized carbons (Fsp3) is 0.424. The second-order valence-electron chi connectivity index (χ2n) is 11.7. The summed E-state index contributed by atoms with van der Waals surface area (Å²) in [7, 11) is 0. The molecule has 1 fully saturated rings. The largest absolute Gasteiger partial charge is 1.00 e. The van der Waals surface area contributed by atoms with Gasteiger partial charge in [0.25, 0.3) is 5.56 Å². The summed E-state index contributed by atoms with van der Waals surface area (Å²) in [5.41, 5.74) is 5.27. The van der Waals surface area contributed by atoms with Crippen molar-refractivity contribution in [2.24, 2.45) is 0 Å². The first-order valence-corrected chi connectivity index (χ1v) is 15.4. The Bertz CT molecular complexity index is 1870. The van der Waals surface area contributed by atoms with Crippen LogP contribution in [0.2, 0.25) is 0 Å². The van der Waals surface area contributed by atoms with Gasteiger partial charge in [0.1, 0.15) is 5.82 Å². The molecule has 2 aromatic carbocycles. The molecule has 0 spiro atoms. The monoisotopic (exact) mass is 638 g/mol. The number of fused-ring (bicyclic) bond motifs is 1. The number of aryl methyl sites for hydroxylation is 2. The standard InChI is InChI=1S/C33H38N6O5.K.H/c1-4-7-29-28(18-22-10-12-23(13-11-22)26-8-5-6-9-27(26)30-35-33(42)44-37-30)31(41)38(32-34-21(3)36-39(29)32)24-14-16-25(17-15-24)43-19-20(2)40;;/h5-6,8-13,20,24-25,40H,4,7,14-19H2,1-3H3,(H,35,37,42);;/q;+1;-1. The molecule has 0 amide bonds. The molecule has 12 heteroatoms. The first-order chi connectivity index (χ1) is 21.3. The zero-order chi connectivity index (χ0) is 30.8. The summed E-state index contributed by atoms with van der Waals surface area (Å²) in [6, 6.07) is 15.8. The van der Waals surface area contributed by atoms with Crippen molar-refractivity contribution in [3.63, 3.8) is 0 Å². The van der Waals surface area contributed by atoms with Gasteiger partial charge in [0.05, 0.1) is 24.5 Å². The summed E-state index contributed by atoms with van der Waals surface area (Å²) in [5.74, 6) is 1.01. The predicted octanol–water partition coefficient (Wildman–Crippen LogP) is 1.75. The molecule has 2 N–H and O–H groups in total. The van der Waals surface area contributed by atoms with Gasteiger partial charge in [-0.05, 0) is 62.6 Å². The molecule has 11 nitrogen and oxygen atoms in total. The smallest absolute Gasteiger partial charge is 1.00 e. The maximum Gasteiger partial charge on any atom is 1.00 e. The average molecular weight is 639 g/mol. The third-order valence-corrected chi connectivity index (χ3v) is 8.33. The van der Waals surface area contributed by atoms with Crippen molar-refractivity contribution in [2.75, 3.05) is 6.61 Å². The van der Waals surface area contributed by atoms with Crippen LogP contribution in [0, 0.1) is 6.92 Å². The van der Waals surface area contributed by atoms with Crippen molar-refractivity contribution < 1.29 is 67.2 Å². The molecule has 0 radical (unpaired) electrons. The summed E-state index contributed by atoms with van der Waals surface area (Å²) in [4.78, 5) is 33.3. The Balaban J connectivity index is 0.00000240. The number of aliphatic hydroxyl groups excluding tert-OH is 1. The van der Waals surface area contributed by atoms with Gasteiger partial charge in [0.15, 0.2) is 5.82 Å². The molecule has 0 bridgehead atoms. The summed E-state index contributed by atoms with van der Waals surface area (Å²) in [6.45, 7) is 6.02. The van der Waals surface area contributed by atoms with E-state index in [0.29, 0.717) is 36.9 Å². The molecule has 1 saturated carbocycles. The number of rotatable bonds is 10. The van der Waals surface area contributed by atoms with Crippen molar-refractivity contribution in [3.8, 4) is 22.5 Å². The molecule has 1 aliphatic carbocycles. The van der Waals surface area contributed by atoms with Crippen LogP contribution in [0.4, 0.5) is 0 Å². The number of aromatic amines is 1. The molecule has 6 rings (SSSR count). The Labute approximate surface area is 304 Å². The number of benzene rings is 2. The van der Waals surface area contributed by atoms with Crippen LogP contribution >= 0.6 is 0 Å². The number of aliphatic hydroxyl groups is 1. The van der Waals surface area contributed by atoms with Gasteiger partial charge in [-0.1, -0.05) is 67.0 Å². The van der Waals surface area contributed by atoms with Crippen LogP contribution in [0.15, 0.2) is 62.6 Å². The molecule has 1 aliphatic rings. The fourth-order valence-electron chi connectivity index (χ4n) is 6.27. The second kappa shape index (κ2) is 14.8. The molecular formula is C33H39KN6O5. The van der Waals surface area contributed by atoms with Gasteiger partial charge in [-0.15, -0.1) is 0 Å². The topological polar surface area (TPSA) is 141 Å². The zero-order valence-electron chi connectivity index (χ0n) is 27.3. The molecule has 3 aromatic heterocycles. The first kappa shape index (κ1) is 33.6. The fourth-order valence-corrected chi connectivity index (χ4v) is 6.27. The van der Waals surface area contributed by atoms with Crippen LogP contribution in [0.1, 0.15) is 76.1 Å². The summed E-state index contributed by atoms with van der Waals surface area (Å²) >= 11 is 0. The molecular weight excluding hydrogens is 599 g/mol. The van der Waals surface area contributed by atoms with Crippen LogP contribution in [-0.2, 0) is 17.6 Å². The Morgan fingerprint density at radius 3 is 2.44 bits per heavy atom. The van der Waals surface area contributed by atoms with E-state index in [1.54, 1.807) is 6.92 Å². The maximum absolute atomic E-state index is 14.4. The van der Waals surface area contributed by atoms with Gasteiger partial charge < -0.3 is 11.3 Å². The summed E-state index contributed by atoms with van der Waals surface area (Å²) in [6.07, 6.45) is 4.87. The third-order valence-electron chi connectivity index (χ3n) is 8.33. The van der Waals surface area contributed by atoms with E-state index in [0.717, 1.165) is 65.6 Å². The number of nitrogens with one attached hydrogen (secondary N) is 1. The second-order valence-corrected chi connectivity index (χ2v) is 11.7. The van der Waals surface area contributed by atoms with E-state index in [2.05, 4.69) is 17.1 Å². The molecule has 1 atom stereocenters. The van der Waals surface area contributed by atoms with Crippen molar-refractivity contribution in [3.05, 3.63) is 92.1 Å². The van der Waals surface area contributed by atoms with Gasteiger partial charge in [-0.25, -0.2) is 9.31 Å². The summed E-state index contributed by atoms with van der Waals surface area (Å²) < 4.78 is 14.4. The summed E-state index contributed by atoms with van der Waals surface area (Å²) in [5, 5.41) is 18.2. The van der Waals surface area contributed by atoms with Crippen molar-refractivity contribution in [1.82, 2.24) is 29.3 Å². The minimum Gasteiger partial charge on any atom is -1.00 e. The molecule has 45 heavy (non-hydrogen) atoms. The number of nitrogens with zero attached hydrogens (tertiary/aromatic N) is 5. The van der Waals surface area contributed by atoms with E-state index in [1.807, 2.05) is 64.5 Å². The molecule has 0 aliphatic heterocycles. The van der Waals surface area contributed by atoms with Crippen LogP contribution in [0.5, 0.6) is 0 Å². The van der Waals surface area contributed by atoms with Gasteiger partial charge in [-0.2, -0.15) is 10.1 Å². The Kier molecular flexibility index (Phi) is 11.1. The molecule has 1 unspecified atom stereocenters. The van der Waals surface area contributed by atoms with Crippen LogP contribution in [0.3, 0.4) is 0 Å². The van der Waals surface area contributed by atoms with Crippen LogP contribution in [-0.4, -0.2) is 53.2 Å². The van der Waals surface area contributed by atoms with E-state index in [9.17, 15) is 14.7 Å². The van der Waals surface area contributed by atoms with Gasteiger partial charge in [0, 0.05) is 23.6 Å². The Morgan fingerprint density at radius 1 is 1.09 bits per heavy atom. The van der Waals surface area contributed by atoms with E-state index in [-0.39, 0.29) is 70.5 Å². The molecule has 0 saturated heterocycles. The zero-order valence-corrected chi connectivity index (χ0v) is 29.4. The van der Waals surface area contributed by atoms with E-state index >= 15 is 0 Å². The van der Waals surface area contributed by atoms with Crippen molar-refractivity contribution in [2.45, 2.75) is 84.0 Å². The first-order valence-electron chi connectivity index (χ1n) is 15.4. The number of hydrogen-bond acceptors (Lipinski definition) is 8. The number of H-pyrrole nitrogens is 1. The minimum absolute atomic E-state index is 0. The number of aromatic nitrogens is 6. The van der Waals surface area contributed by atoms with Crippen molar-refractivity contribution >= 4 is 5.78 Å². The van der Waals surface area contributed by atoms with Gasteiger partial charge in [0.2, 0.25) is 5.78 Å². The normalized spacial score (nSPS) is 17.3. The molecule has 5 aromatic rings. The average Bonchev–Trinajstić information content (AvgIpc) is 3.63. The molecule has 232 valence electrons. The van der Waals surface area contributed by atoms with Gasteiger partial charge in [-0.3, -0.25) is 18.9 Å².